The molecule has 4 nitrogen and oxygen atoms in total. The summed E-state index contributed by atoms with van der Waals surface area (Å²) in [5.41, 5.74) is -1.19. The van der Waals surface area contributed by atoms with Gasteiger partial charge in [-0.3, -0.25) is 4.57 Å². The van der Waals surface area contributed by atoms with Crippen molar-refractivity contribution in [2.75, 3.05) is 19.4 Å². The number of alkyl halides is 3. The van der Waals surface area contributed by atoms with Crippen molar-refractivity contribution in [1.82, 2.24) is 0 Å². The van der Waals surface area contributed by atoms with Crippen LogP contribution in [0, 0.1) is 11.3 Å². The second-order valence-electron chi connectivity index (χ2n) is 4.44. The van der Waals surface area contributed by atoms with Gasteiger partial charge in [-0.15, -0.1) is 0 Å². The van der Waals surface area contributed by atoms with E-state index in [2.05, 4.69) is 0 Å². The molecule has 0 amide bonds. The molecule has 0 unspecified atom stereocenters. The van der Waals surface area contributed by atoms with Crippen LogP contribution in [0.5, 0.6) is 0 Å². The lowest BCUT2D eigenvalue weighted by Gasteiger charge is -2.20. The highest BCUT2D eigenvalue weighted by Gasteiger charge is 2.39. The molecule has 0 spiro atoms. The van der Waals surface area contributed by atoms with Gasteiger partial charge in [-0.25, -0.2) is 0 Å². The molecule has 0 aromatic carbocycles. The van der Waals surface area contributed by atoms with Crippen molar-refractivity contribution >= 4 is 7.60 Å². The van der Waals surface area contributed by atoms with E-state index >= 15 is 0 Å². The van der Waals surface area contributed by atoms with Crippen LogP contribution in [0.2, 0.25) is 0 Å². The third kappa shape index (κ3) is 8.92. The molecular weight excluding hydrogens is 306 g/mol. The maximum atomic E-state index is 12.8. The first-order valence-electron chi connectivity index (χ1n) is 6.83. The molecule has 0 aromatic heterocycles. The Labute approximate surface area is 123 Å². The Balaban J connectivity index is 4.97. The zero-order valence-electron chi connectivity index (χ0n) is 12.3. The van der Waals surface area contributed by atoms with Gasteiger partial charge in [0.25, 0.3) is 0 Å². The van der Waals surface area contributed by atoms with Crippen LogP contribution in [0.4, 0.5) is 13.2 Å². The van der Waals surface area contributed by atoms with Gasteiger partial charge >= 0.3 is 13.8 Å². The molecule has 0 heterocycles. The predicted octanol–water partition coefficient (Wildman–Crippen LogP) is 4.83. The van der Waals surface area contributed by atoms with Crippen molar-refractivity contribution in [3.8, 4) is 6.07 Å². The number of nitriles is 1. The van der Waals surface area contributed by atoms with Crippen LogP contribution in [-0.4, -0.2) is 25.6 Å². The van der Waals surface area contributed by atoms with Crippen molar-refractivity contribution in [3.63, 3.8) is 0 Å². The third-order valence-corrected chi connectivity index (χ3v) is 4.42. The molecule has 0 fully saturated rings. The van der Waals surface area contributed by atoms with Gasteiger partial charge in [0.1, 0.15) is 0 Å². The summed E-state index contributed by atoms with van der Waals surface area (Å²) in [4.78, 5) is 0. The van der Waals surface area contributed by atoms with Crippen LogP contribution in [0.25, 0.3) is 0 Å². The van der Waals surface area contributed by atoms with Gasteiger partial charge in [0.15, 0.2) is 0 Å². The summed E-state index contributed by atoms with van der Waals surface area (Å²) in [6, 6.07) is 1.32. The van der Waals surface area contributed by atoms with E-state index in [1.165, 1.54) is 6.07 Å². The summed E-state index contributed by atoms with van der Waals surface area (Å²) >= 11 is 0. The Morgan fingerprint density at radius 1 is 1.19 bits per heavy atom. The number of hydrogen-bond donors (Lipinski definition) is 0. The first-order valence-corrected chi connectivity index (χ1v) is 8.55. The Morgan fingerprint density at radius 3 is 2.00 bits per heavy atom. The number of unbranched alkanes of at least 4 members (excludes halogenated alkanes) is 2. The monoisotopic (exact) mass is 327 g/mol. The van der Waals surface area contributed by atoms with Gasteiger partial charge in [0.05, 0.1) is 31.0 Å². The van der Waals surface area contributed by atoms with E-state index in [-0.39, 0.29) is 13.2 Å². The Morgan fingerprint density at radius 2 is 1.67 bits per heavy atom. The number of allylic oxidation sites excluding steroid dienone is 2. The normalized spacial score (nSPS) is 13.2. The van der Waals surface area contributed by atoms with Gasteiger partial charge in [-0.2, -0.15) is 18.4 Å². The molecule has 0 radical (unpaired) electrons. The van der Waals surface area contributed by atoms with E-state index in [9.17, 15) is 17.7 Å². The Bertz CT molecular complexity index is 402. The van der Waals surface area contributed by atoms with Crippen molar-refractivity contribution in [1.29, 1.82) is 5.26 Å². The quantitative estimate of drug-likeness (QED) is 0.328. The highest BCUT2D eigenvalue weighted by molar-refractivity contribution is 7.54. The molecule has 0 saturated carbocycles. The van der Waals surface area contributed by atoms with E-state index < -0.39 is 25.5 Å². The lowest BCUT2D eigenvalue weighted by molar-refractivity contribution is -0.0914. The van der Waals surface area contributed by atoms with Crippen molar-refractivity contribution in [2.24, 2.45) is 0 Å². The van der Waals surface area contributed by atoms with Crippen LogP contribution in [0.15, 0.2) is 11.6 Å². The number of hydrogen-bond acceptors (Lipinski definition) is 4. The van der Waals surface area contributed by atoms with E-state index in [4.69, 9.17) is 14.3 Å². The van der Waals surface area contributed by atoms with Crippen molar-refractivity contribution in [3.05, 3.63) is 11.6 Å². The maximum Gasteiger partial charge on any atom is 0.414 e. The van der Waals surface area contributed by atoms with E-state index in [0.717, 1.165) is 12.8 Å². The molecule has 0 saturated heterocycles. The minimum absolute atomic E-state index is 0.0671. The summed E-state index contributed by atoms with van der Waals surface area (Å²) in [5, 5.41) is 8.43. The summed E-state index contributed by atoms with van der Waals surface area (Å²) in [6.45, 7) is 3.89. The molecule has 0 aliphatic carbocycles. The van der Waals surface area contributed by atoms with Gasteiger partial charge < -0.3 is 9.05 Å². The largest absolute Gasteiger partial charge is 0.414 e. The molecule has 122 valence electrons. The Hall–Kier alpha value is -0.830. The van der Waals surface area contributed by atoms with Gasteiger partial charge in [-0.1, -0.05) is 26.7 Å². The summed E-state index contributed by atoms with van der Waals surface area (Å²) in [7, 11) is -3.90. The fourth-order valence-electron chi connectivity index (χ4n) is 1.33. The molecular formula is C13H21F3NO3P. The summed E-state index contributed by atoms with van der Waals surface area (Å²) in [6.07, 6.45) is -2.65. The highest BCUT2D eigenvalue weighted by atomic mass is 31.2. The molecule has 0 aromatic rings. The van der Waals surface area contributed by atoms with Crippen LogP contribution in [0.3, 0.4) is 0 Å². The van der Waals surface area contributed by atoms with Gasteiger partial charge in [-0.05, 0) is 12.8 Å². The molecule has 0 N–H and O–H groups in total. The number of rotatable bonds is 10. The van der Waals surface area contributed by atoms with Crippen LogP contribution >= 0.6 is 7.60 Å². The second-order valence-corrected chi connectivity index (χ2v) is 6.49. The molecule has 0 rings (SSSR count). The summed E-state index contributed by atoms with van der Waals surface area (Å²) < 4.78 is 60.8. The number of halogens is 3. The minimum atomic E-state index is -4.73. The molecule has 21 heavy (non-hydrogen) atoms. The van der Waals surface area contributed by atoms with E-state index in [0.29, 0.717) is 18.9 Å². The molecule has 0 aliphatic heterocycles. The molecule has 0 aliphatic rings. The topological polar surface area (TPSA) is 59.3 Å². The average Bonchev–Trinajstić information content (AvgIpc) is 2.38. The first-order chi connectivity index (χ1) is 9.79. The zero-order chi connectivity index (χ0) is 16.4. The molecule has 8 heteroatoms. The van der Waals surface area contributed by atoms with Gasteiger partial charge in [0.2, 0.25) is 0 Å². The highest BCUT2D eigenvalue weighted by Crippen LogP contribution is 2.52. The summed E-state index contributed by atoms with van der Waals surface area (Å²) in [5.74, 6) is 0. The SMILES string of the molecule is CCCCOP(=O)(C/C(=C\C#N)C(F)(F)F)OCCCC. The van der Waals surface area contributed by atoms with Crippen molar-refractivity contribution in [2.45, 2.75) is 45.7 Å². The lowest BCUT2D eigenvalue weighted by atomic mass is 10.3. The van der Waals surface area contributed by atoms with Crippen molar-refractivity contribution < 1.29 is 26.8 Å². The van der Waals surface area contributed by atoms with Crippen LogP contribution < -0.4 is 0 Å². The standard InChI is InChI=1S/C13H21F3NO3P/c1-3-5-9-19-21(18,20-10-6-4-2)11-12(7-8-17)13(14,15)16/h7H,3-6,9-11H2,1-2H3/b12-7+. The third-order valence-electron chi connectivity index (χ3n) is 2.54. The minimum Gasteiger partial charge on any atom is -0.308 e. The maximum absolute atomic E-state index is 12.8. The fourth-order valence-corrected chi connectivity index (χ4v) is 3.09. The average molecular weight is 327 g/mol. The number of nitrogens with zero attached hydrogens (tertiary/aromatic N) is 1. The Kier molecular flexibility index (Phi) is 9.60. The molecule has 0 atom stereocenters. The predicted molar refractivity (Wildman–Crippen MR) is 73.9 cm³/mol. The molecule has 0 bridgehead atoms. The van der Waals surface area contributed by atoms with E-state index in [1.807, 2.05) is 13.8 Å². The fraction of sp³-hybridized carbons (Fsp3) is 0.769. The lowest BCUT2D eigenvalue weighted by Crippen LogP contribution is -2.17. The second kappa shape index (κ2) is 9.99. The zero-order valence-corrected chi connectivity index (χ0v) is 13.2. The van der Waals surface area contributed by atoms with Gasteiger partial charge in [0, 0.05) is 6.08 Å². The first kappa shape index (κ1) is 20.2. The van der Waals surface area contributed by atoms with Crippen LogP contribution in [-0.2, 0) is 13.6 Å². The smallest absolute Gasteiger partial charge is 0.308 e. The van der Waals surface area contributed by atoms with E-state index in [1.54, 1.807) is 0 Å². The van der Waals surface area contributed by atoms with Crippen LogP contribution in [0.1, 0.15) is 39.5 Å².